The van der Waals surface area contributed by atoms with Crippen LogP contribution < -0.4 is 10.9 Å². The molecule has 7 nitrogen and oxygen atoms in total. The normalized spacial score (nSPS) is 11.3. The number of hydrogen-bond acceptors (Lipinski definition) is 4. The van der Waals surface area contributed by atoms with Crippen molar-refractivity contribution in [3.63, 3.8) is 0 Å². The molecule has 2 aromatic heterocycles. The Morgan fingerprint density at radius 1 is 1.15 bits per heavy atom. The van der Waals surface area contributed by atoms with Gasteiger partial charge in [-0.05, 0) is 38.3 Å². The Morgan fingerprint density at radius 2 is 1.85 bits per heavy atom. The van der Waals surface area contributed by atoms with Gasteiger partial charge in [-0.15, -0.1) is 0 Å². The van der Waals surface area contributed by atoms with Gasteiger partial charge in [0.25, 0.3) is 5.56 Å². The monoisotopic (exact) mass is 367 g/mol. The van der Waals surface area contributed by atoms with Crippen molar-refractivity contribution in [3.05, 3.63) is 52.1 Å². The lowest BCUT2D eigenvalue weighted by Crippen LogP contribution is -2.34. The van der Waals surface area contributed by atoms with Crippen molar-refractivity contribution in [2.75, 3.05) is 6.54 Å². The first-order valence-corrected chi connectivity index (χ1v) is 9.17. The van der Waals surface area contributed by atoms with Crippen LogP contribution in [0.5, 0.6) is 0 Å². The lowest BCUT2D eigenvalue weighted by atomic mass is 10.1. The highest BCUT2D eigenvalue weighted by Crippen LogP contribution is 2.19. The summed E-state index contributed by atoms with van der Waals surface area (Å²) in [6.45, 7) is 8.36. The number of aromatic nitrogens is 4. The number of benzene rings is 1. The first-order valence-electron chi connectivity index (χ1n) is 9.17. The molecule has 1 aromatic carbocycles. The predicted octanol–water partition coefficient (Wildman–Crippen LogP) is 2.36. The lowest BCUT2D eigenvalue weighted by molar-refractivity contribution is -0.121. The number of nitrogens with one attached hydrogen (secondary N) is 1. The van der Waals surface area contributed by atoms with Gasteiger partial charge in [0.05, 0.1) is 22.5 Å². The lowest BCUT2D eigenvalue weighted by Gasteiger charge is -2.09. The van der Waals surface area contributed by atoms with E-state index in [0.717, 1.165) is 17.8 Å². The number of carbonyl (C=O) groups is 1. The van der Waals surface area contributed by atoms with E-state index < -0.39 is 0 Å². The van der Waals surface area contributed by atoms with Gasteiger partial charge in [-0.25, -0.2) is 9.36 Å². The van der Waals surface area contributed by atoms with Crippen LogP contribution in [0.2, 0.25) is 0 Å². The van der Waals surface area contributed by atoms with E-state index in [1.165, 1.54) is 4.68 Å². The summed E-state index contributed by atoms with van der Waals surface area (Å²) in [7, 11) is 0. The molecule has 1 N–H and O–H groups in total. The molecule has 3 rings (SSSR count). The number of aryl methyl sites for hydroxylation is 2. The maximum absolute atomic E-state index is 12.9. The van der Waals surface area contributed by atoms with Gasteiger partial charge < -0.3 is 5.32 Å². The number of nitrogens with zero attached hydrogens (tertiary/aromatic N) is 4. The highest BCUT2D eigenvalue weighted by atomic mass is 16.2. The molecule has 0 atom stereocenters. The number of amides is 1. The molecule has 0 saturated heterocycles. The second-order valence-electron chi connectivity index (χ2n) is 7.14. The van der Waals surface area contributed by atoms with E-state index in [1.807, 2.05) is 37.3 Å². The number of carbonyl (C=O) groups excluding carboxylic acids is 1. The molecule has 0 spiro atoms. The molecule has 0 unspecified atom stereocenters. The summed E-state index contributed by atoms with van der Waals surface area (Å²) in [5, 5.41) is 12.2. The topological polar surface area (TPSA) is 81.8 Å². The smallest absolute Gasteiger partial charge is 0.278 e. The molecular formula is C20H25N5O2. The van der Waals surface area contributed by atoms with Crippen LogP contribution in [-0.2, 0) is 11.3 Å². The van der Waals surface area contributed by atoms with Crippen molar-refractivity contribution in [3.8, 4) is 5.69 Å². The highest BCUT2D eigenvalue weighted by molar-refractivity contribution is 5.83. The zero-order valence-corrected chi connectivity index (χ0v) is 16.2. The molecule has 0 aliphatic heterocycles. The van der Waals surface area contributed by atoms with Gasteiger partial charge in [-0.1, -0.05) is 32.0 Å². The van der Waals surface area contributed by atoms with Crippen molar-refractivity contribution in [2.24, 2.45) is 5.92 Å². The van der Waals surface area contributed by atoms with Crippen LogP contribution in [0.25, 0.3) is 16.6 Å². The molecule has 0 fully saturated rings. The van der Waals surface area contributed by atoms with E-state index in [0.29, 0.717) is 29.1 Å². The molecule has 7 heteroatoms. The molecular weight excluding hydrogens is 342 g/mol. The molecule has 1 amide bonds. The molecule has 0 saturated carbocycles. The van der Waals surface area contributed by atoms with E-state index in [4.69, 9.17) is 0 Å². The Kier molecular flexibility index (Phi) is 5.39. The van der Waals surface area contributed by atoms with Gasteiger partial charge in [0.15, 0.2) is 0 Å². The minimum Gasteiger partial charge on any atom is -0.354 e. The van der Waals surface area contributed by atoms with Crippen molar-refractivity contribution in [1.82, 2.24) is 24.9 Å². The Morgan fingerprint density at radius 3 is 2.52 bits per heavy atom. The van der Waals surface area contributed by atoms with Crippen molar-refractivity contribution in [2.45, 2.75) is 40.7 Å². The second kappa shape index (κ2) is 7.73. The zero-order valence-electron chi connectivity index (χ0n) is 16.2. The summed E-state index contributed by atoms with van der Waals surface area (Å²) < 4.78 is 2.97. The minimum absolute atomic E-state index is 0.0936. The summed E-state index contributed by atoms with van der Waals surface area (Å²) in [4.78, 5) is 25.1. The summed E-state index contributed by atoms with van der Waals surface area (Å²) in [6, 6.07) is 9.64. The Balaban J connectivity index is 1.95. The molecule has 0 bridgehead atoms. The van der Waals surface area contributed by atoms with E-state index >= 15 is 0 Å². The fourth-order valence-electron chi connectivity index (χ4n) is 3.03. The second-order valence-corrected chi connectivity index (χ2v) is 7.14. The van der Waals surface area contributed by atoms with Crippen LogP contribution >= 0.6 is 0 Å². The minimum atomic E-state index is -0.297. The fraction of sp³-hybridized carbons (Fsp3) is 0.400. The van der Waals surface area contributed by atoms with Crippen molar-refractivity contribution in [1.29, 1.82) is 0 Å². The number of para-hydroxylation sites is 1. The van der Waals surface area contributed by atoms with Crippen molar-refractivity contribution < 1.29 is 4.79 Å². The number of hydrogen-bond donors (Lipinski definition) is 1. The van der Waals surface area contributed by atoms with E-state index in [2.05, 4.69) is 29.4 Å². The van der Waals surface area contributed by atoms with Crippen LogP contribution in [0.3, 0.4) is 0 Å². The van der Waals surface area contributed by atoms with Gasteiger partial charge in [0, 0.05) is 6.54 Å². The summed E-state index contributed by atoms with van der Waals surface area (Å²) >= 11 is 0. The molecule has 0 aliphatic carbocycles. The molecule has 27 heavy (non-hydrogen) atoms. The van der Waals surface area contributed by atoms with Gasteiger partial charge in [0.2, 0.25) is 5.91 Å². The van der Waals surface area contributed by atoms with Crippen LogP contribution in [0.1, 0.15) is 31.7 Å². The average Bonchev–Trinajstić information content (AvgIpc) is 2.98. The van der Waals surface area contributed by atoms with E-state index in [9.17, 15) is 9.59 Å². The standard InChI is InChI=1S/C20H25N5O2/c1-13(2)10-11-21-17(26)12-24-20(27)18-15(4)25(16-8-6-5-7-9-16)23-19(18)14(3)22-24/h5-9,13H,10-12H2,1-4H3,(H,21,26). The quantitative estimate of drug-likeness (QED) is 0.725. The molecule has 3 aromatic rings. The van der Waals surface area contributed by atoms with Crippen LogP contribution in [-0.4, -0.2) is 32.0 Å². The third-order valence-corrected chi connectivity index (χ3v) is 4.52. The molecule has 0 aliphatic rings. The first kappa shape index (κ1) is 18.8. The van der Waals surface area contributed by atoms with E-state index in [1.54, 1.807) is 11.6 Å². The Hall–Kier alpha value is -2.96. The number of fused-ring (bicyclic) bond motifs is 1. The van der Waals surface area contributed by atoms with Gasteiger partial charge in [-0.2, -0.15) is 10.2 Å². The molecule has 142 valence electrons. The predicted molar refractivity (Wildman–Crippen MR) is 105 cm³/mol. The first-order chi connectivity index (χ1) is 12.9. The average molecular weight is 367 g/mol. The third kappa shape index (κ3) is 3.92. The molecule has 2 heterocycles. The zero-order chi connectivity index (χ0) is 19.6. The fourth-order valence-corrected chi connectivity index (χ4v) is 3.03. The van der Waals surface area contributed by atoms with Crippen LogP contribution in [0.4, 0.5) is 0 Å². The largest absolute Gasteiger partial charge is 0.354 e. The third-order valence-electron chi connectivity index (χ3n) is 4.52. The SMILES string of the molecule is Cc1nn(CC(=O)NCCC(C)C)c(=O)c2c(C)n(-c3ccccc3)nc12. The summed E-state index contributed by atoms with van der Waals surface area (Å²) in [5.74, 6) is 0.299. The van der Waals surface area contributed by atoms with Crippen LogP contribution in [0.15, 0.2) is 35.1 Å². The summed E-state index contributed by atoms with van der Waals surface area (Å²) in [6.07, 6.45) is 0.898. The van der Waals surface area contributed by atoms with Crippen molar-refractivity contribution >= 4 is 16.8 Å². The van der Waals surface area contributed by atoms with Gasteiger partial charge in [-0.3, -0.25) is 9.59 Å². The summed E-state index contributed by atoms with van der Waals surface area (Å²) in [5.41, 5.74) is 2.51. The number of rotatable bonds is 6. The maximum Gasteiger partial charge on any atom is 0.278 e. The van der Waals surface area contributed by atoms with Gasteiger partial charge in [0.1, 0.15) is 12.1 Å². The highest BCUT2D eigenvalue weighted by Gasteiger charge is 2.18. The molecule has 0 radical (unpaired) electrons. The van der Waals surface area contributed by atoms with E-state index in [-0.39, 0.29) is 18.0 Å². The van der Waals surface area contributed by atoms with Crippen LogP contribution in [0, 0.1) is 19.8 Å². The Labute approximate surface area is 158 Å². The maximum atomic E-state index is 12.9. The van der Waals surface area contributed by atoms with Gasteiger partial charge >= 0.3 is 0 Å². The Bertz CT molecular complexity index is 1020.